The highest BCUT2D eigenvalue weighted by atomic mass is 16.6. The van der Waals surface area contributed by atoms with Crippen LogP contribution < -0.4 is 5.73 Å². The van der Waals surface area contributed by atoms with Crippen molar-refractivity contribution in [3.05, 3.63) is 54.6 Å². The molecule has 0 saturated carbocycles. The van der Waals surface area contributed by atoms with E-state index < -0.39 is 31.8 Å². The molecule has 0 amide bonds. The second kappa shape index (κ2) is 4.42. The van der Waals surface area contributed by atoms with Crippen molar-refractivity contribution in [2.24, 2.45) is 0 Å². The first-order chi connectivity index (χ1) is 9.32. The number of rotatable bonds is 3. The van der Waals surface area contributed by atoms with E-state index in [1.54, 1.807) is 0 Å². The Balaban J connectivity index is 3.02. The minimum Gasteiger partial charge on any atom is -0.393 e. The predicted octanol–water partition coefficient (Wildman–Crippen LogP) is 2.15. The molecule has 2 aromatic carbocycles. The topological polar surface area (TPSA) is 155 Å². The largest absolute Gasteiger partial charge is 0.393 e. The molecule has 2 N–H and O–H groups in total. The van der Waals surface area contributed by atoms with Gasteiger partial charge in [0.05, 0.1) is 20.8 Å². The summed E-state index contributed by atoms with van der Waals surface area (Å²) in [5.41, 5.74) is 3.32. The van der Waals surface area contributed by atoms with Crippen LogP contribution in [0.1, 0.15) is 0 Å². The van der Waals surface area contributed by atoms with Gasteiger partial charge in [-0.1, -0.05) is 6.07 Å². The van der Waals surface area contributed by atoms with Gasteiger partial charge in [-0.2, -0.15) is 0 Å². The molecule has 0 saturated heterocycles. The Morgan fingerprint density at radius 3 is 2.05 bits per heavy atom. The molecule has 0 heterocycles. The van der Waals surface area contributed by atoms with Gasteiger partial charge in [-0.25, -0.2) is 0 Å². The molecule has 10 heteroatoms. The first-order valence-corrected chi connectivity index (χ1v) is 5.12. The first-order valence-electron chi connectivity index (χ1n) is 5.12. The molecule has 0 atom stereocenters. The van der Waals surface area contributed by atoms with E-state index in [1.807, 2.05) is 0 Å². The van der Waals surface area contributed by atoms with Crippen molar-refractivity contribution < 1.29 is 14.8 Å². The highest BCUT2D eigenvalue weighted by Crippen LogP contribution is 2.39. The average Bonchev–Trinajstić information content (AvgIpc) is 2.36. The van der Waals surface area contributed by atoms with Crippen LogP contribution in [0.3, 0.4) is 0 Å². The number of anilines is 1. The minimum atomic E-state index is -0.915. The Bertz CT molecular complexity index is 772. The van der Waals surface area contributed by atoms with Gasteiger partial charge < -0.3 is 5.73 Å². The number of nitrogens with zero attached hydrogens (tertiary/aromatic N) is 3. The summed E-state index contributed by atoms with van der Waals surface area (Å²) in [5, 5.41) is 32.4. The van der Waals surface area contributed by atoms with Crippen LogP contribution in [0.5, 0.6) is 0 Å². The first kappa shape index (κ1) is 13.1. The zero-order chi connectivity index (χ0) is 15.0. The number of nitrogen functional groups attached to an aromatic ring is 1. The summed E-state index contributed by atoms with van der Waals surface area (Å²) in [7, 11) is 0. The third kappa shape index (κ3) is 1.94. The molecule has 10 nitrogen and oxygen atoms in total. The maximum Gasteiger partial charge on any atom is 0.306 e. The summed E-state index contributed by atoms with van der Waals surface area (Å²) in [6, 6.07) is 4.13. The SMILES string of the molecule is Nc1ccc2cc([N+](=O)[O-])cc([N+](=O)[O-])c2c1[N+](=O)[O-]. The lowest BCUT2D eigenvalue weighted by Crippen LogP contribution is -2.00. The summed E-state index contributed by atoms with van der Waals surface area (Å²) in [4.78, 5) is 30.1. The molecule has 0 aliphatic heterocycles. The fourth-order valence-electron chi connectivity index (χ4n) is 1.87. The van der Waals surface area contributed by atoms with Gasteiger partial charge in [-0.15, -0.1) is 0 Å². The van der Waals surface area contributed by atoms with Crippen LogP contribution in [0.4, 0.5) is 22.7 Å². The maximum absolute atomic E-state index is 11.0. The molecule has 0 aliphatic carbocycles. The van der Waals surface area contributed by atoms with E-state index in [1.165, 1.54) is 12.1 Å². The van der Waals surface area contributed by atoms with Crippen LogP contribution in [-0.2, 0) is 0 Å². The highest BCUT2D eigenvalue weighted by Gasteiger charge is 2.28. The molecule has 0 radical (unpaired) electrons. The lowest BCUT2D eigenvalue weighted by atomic mass is 10.0. The smallest absolute Gasteiger partial charge is 0.306 e. The summed E-state index contributed by atoms with van der Waals surface area (Å²) < 4.78 is 0. The van der Waals surface area contributed by atoms with E-state index >= 15 is 0 Å². The molecular formula is C10H6N4O6. The van der Waals surface area contributed by atoms with Gasteiger partial charge in [0, 0.05) is 11.5 Å². The molecule has 2 rings (SSSR count). The molecule has 20 heavy (non-hydrogen) atoms. The Morgan fingerprint density at radius 2 is 1.55 bits per heavy atom. The molecule has 0 spiro atoms. The van der Waals surface area contributed by atoms with E-state index in [-0.39, 0.29) is 16.5 Å². The molecule has 0 fully saturated rings. The normalized spacial score (nSPS) is 10.4. The van der Waals surface area contributed by atoms with E-state index in [0.29, 0.717) is 6.07 Å². The van der Waals surface area contributed by atoms with Crippen molar-refractivity contribution in [2.45, 2.75) is 0 Å². The number of fused-ring (bicyclic) bond motifs is 1. The number of nitrogens with two attached hydrogens (primary N) is 1. The van der Waals surface area contributed by atoms with Crippen LogP contribution in [0.15, 0.2) is 24.3 Å². The Morgan fingerprint density at radius 1 is 0.900 bits per heavy atom. The van der Waals surface area contributed by atoms with Crippen molar-refractivity contribution in [2.75, 3.05) is 5.73 Å². The van der Waals surface area contributed by atoms with Gasteiger partial charge in [0.1, 0.15) is 11.1 Å². The number of hydrogen-bond donors (Lipinski definition) is 1. The van der Waals surface area contributed by atoms with Gasteiger partial charge in [-0.05, 0) is 6.07 Å². The Hall–Kier alpha value is -3.30. The van der Waals surface area contributed by atoms with Crippen molar-refractivity contribution >= 4 is 33.5 Å². The van der Waals surface area contributed by atoms with Crippen LogP contribution >= 0.6 is 0 Å². The van der Waals surface area contributed by atoms with Crippen LogP contribution in [-0.4, -0.2) is 14.8 Å². The summed E-state index contributed by atoms with van der Waals surface area (Å²) >= 11 is 0. The number of hydrogen-bond acceptors (Lipinski definition) is 7. The number of benzene rings is 2. The van der Waals surface area contributed by atoms with Crippen molar-refractivity contribution in [3.63, 3.8) is 0 Å². The zero-order valence-corrected chi connectivity index (χ0v) is 9.68. The molecule has 0 aromatic heterocycles. The van der Waals surface area contributed by atoms with Gasteiger partial charge in [0.15, 0.2) is 0 Å². The standard InChI is InChI=1S/C10H6N4O6/c11-7-2-1-5-3-6(12(15)16)4-8(13(17)18)9(5)10(7)14(19)20/h1-4H,11H2. The summed E-state index contributed by atoms with van der Waals surface area (Å²) in [6.45, 7) is 0. The van der Waals surface area contributed by atoms with E-state index in [0.717, 1.165) is 6.07 Å². The number of nitro benzene ring substituents is 3. The van der Waals surface area contributed by atoms with E-state index in [4.69, 9.17) is 5.73 Å². The monoisotopic (exact) mass is 278 g/mol. The fraction of sp³-hybridized carbons (Fsp3) is 0. The quantitative estimate of drug-likeness (QED) is 0.511. The van der Waals surface area contributed by atoms with Gasteiger partial charge in [-0.3, -0.25) is 30.3 Å². The van der Waals surface area contributed by atoms with Crippen molar-refractivity contribution in [1.82, 2.24) is 0 Å². The number of non-ortho nitro benzene ring substituents is 2. The fourth-order valence-corrected chi connectivity index (χ4v) is 1.87. The molecule has 0 bridgehead atoms. The Labute approximate surface area is 109 Å². The average molecular weight is 278 g/mol. The summed E-state index contributed by atoms with van der Waals surface area (Å²) in [6.07, 6.45) is 0. The third-order valence-corrected chi connectivity index (χ3v) is 2.68. The highest BCUT2D eigenvalue weighted by molar-refractivity contribution is 6.03. The van der Waals surface area contributed by atoms with Crippen molar-refractivity contribution in [1.29, 1.82) is 0 Å². The van der Waals surface area contributed by atoms with E-state index in [9.17, 15) is 30.3 Å². The van der Waals surface area contributed by atoms with Crippen LogP contribution in [0.25, 0.3) is 10.8 Å². The van der Waals surface area contributed by atoms with Gasteiger partial charge in [0.25, 0.3) is 11.4 Å². The molecule has 2 aromatic rings. The minimum absolute atomic E-state index is 0.00630. The molecule has 0 unspecified atom stereocenters. The lowest BCUT2D eigenvalue weighted by Gasteiger charge is -2.03. The van der Waals surface area contributed by atoms with E-state index in [2.05, 4.69) is 0 Å². The second-order valence-corrected chi connectivity index (χ2v) is 3.84. The molecule has 102 valence electrons. The molecular weight excluding hydrogens is 272 g/mol. The lowest BCUT2D eigenvalue weighted by molar-refractivity contribution is -0.395. The van der Waals surface area contributed by atoms with Gasteiger partial charge in [0.2, 0.25) is 0 Å². The zero-order valence-electron chi connectivity index (χ0n) is 9.68. The summed E-state index contributed by atoms with van der Waals surface area (Å²) in [5.74, 6) is 0. The Kier molecular flexibility index (Phi) is 2.90. The second-order valence-electron chi connectivity index (χ2n) is 3.84. The van der Waals surface area contributed by atoms with Crippen LogP contribution in [0.2, 0.25) is 0 Å². The van der Waals surface area contributed by atoms with Crippen LogP contribution in [0, 0.1) is 30.3 Å². The third-order valence-electron chi connectivity index (χ3n) is 2.68. The number of nitro groups is 3. The maximum atomic E-state index is 11.0. The van der Waals surface area contributed by atoms with Crippen molar-refractivity contribution in [3.8, 4) is 0 Å². The van der Waals surface area contributed by atoms with Gasteiger partial charge >= 0.3 is 5.69 Å². The predicted molar refractivity (Wildman–Crippen MR) is 68.3 cm³/mol. The molecule has 0 aliphatic rings.